The van der Waals surface area contributed by atoms with E-state index in [1.54, 1.807) is 12.4 Å². The molecule has 1 saturated heterocycles. The van der Waals surface area contributed by atoms with Crippen molar-refractivity contribution in [1.29, 1.82) is 0 Å². The van der Waals surface area contributed by atoms with Crippen LogP contribution in [0.5, 0.6) is 0 Å². The molecule has 0 aromatic carbocycles. The van der Waals surface area contributed by atoms with Gasteiger partial charge in [-0.15, -0.1) is 0 Å². The van der Waals surface area contributed by atoms with Gasteiger partial charge in [-0.25, -0.2) is 15.0 Å². The number of aryl methyl sites for hydroxylation is 1. The molecule has 28 heavy (non-hydrogen) atoms. The summed E-state index contributed by atoms with van der Waals surface area (Å²) in [6.07, 6.45) is 3.48. The smallest absolute Gasteiger partial charge is 0.288 e. The van der Waals surface area contributed by atoms with Gasteiger partial charge in [0.25, 0.3) is 5.56 Å². The van der Waals surface area contributed by atoms with E-state index in [9.17, 15) is 9.18 Å². The van der Waals surface area contributed by atoms with Crippen molar-refractivity contribution in [3.8, 4) is 0 Å². The summed E-state index contributed by atoms with van der Waals surface area (Å²) in [5, 5.41) is 0.962. The van der Waals surface area contributed by atoms with Crippen molar-refractivity contribution in [2.75, 3.05) is 36.0 Å². The topological polar surface area (TPSA) is 90.9 Å². The first-order valence-corrected chi connectivity index (χ1v) is 9.32. The number of H-pyrrole nitrogens is 1. The zero-order valence-corrected chi connectivity index (χ0v) is 16.1. The van der Waals surface area contributed by atoms with Crippen molar-refractivity contribution in [3.63, 3.8) is 0 Å². The van der Waals surface area contributed by atoms with E-state index in [-0.39, 0.29) is 11.6 Å². The van der Waals surface area contributed by atoms with E-state index in [1.807, 2.05) is 31.7 Å². The molecule has 0 atom stereocenters. The number of rotatable bonds is 3. The average molecular weight is 383 g/mol. The lowest BCUT2D eigenvalue weighted by molar-refractivity contribution is 0.557. The van der Waals surface area contributed by atoms with Crippen LogP contribution in [0.25, 0.3) is 10.9 Å². The minimum atomic E-state index is -0.797. The largest absolute Gasteiger partial charge is 0.352 e. The molecule has 1 aliphatic rings. The van der Waals surface area contributed by atoms with Gasteiger partial charge in [0.05, 0.1) is 17.4 Å². The second-order valence-corrected chi connectivity index (χ2v) is 7.20. The molecule has 0 saturated carbocycles. The molecule has 0 unspecified atom stereocenters. The van der Waals surface area contributed by atoms with Crippen molar-refractivity contribution in [2.45, 2.75) is 26.7 Å². The van der Waals surface area contributed by atoms with Crippen LogP contribution < -0.4 is 15.4 Å². The quantitative estimate of drug-likeness (QED) is 0.740. The molecule has 0 amide bonds. The number of aromatic nitrogens is 5. The maximum Gasteiger partial charge on any atom is 0.288 e. The summed E-state index contributed by atoms with van der Waals surface area (Å²) in [4.78, 5) is 36.3. The standard InChI is InChI=1S/C19H22FN7O/c1-11(2)16-15(20)18(28)25-19(24-16)27-8-6-26(7-9-27)17-13-4-5-21-10-14(13)22-12(3)23-17/h4-5,10-11H,6-9H2,1-3H3,(H,24,25,28). The fourth-order valence-electron chi connectivity index (χ4n) is 3.44. The number of nitrogens with one attached hydrogen (secondary N) is 1. The summed E-state index contributed by atoms with van der Waals surface area (Å²) >= 11 is 0. The van der Waals surface area contributed by atoms with E-state index in [4.69, 9.17) is 0 Å². The van der Waals surface area contributed by atoms with Crippen LogP contribution in [0.4, 0.5) is 16.2 Å². The van der Waals surface area contributed by atoms with Gasteiger partial charge >= 0.3 is 0 Å². The molecule has 3 aromatic rings. The summed E-state index contributed by atoms with van der Waals surface area (Å²) in [6.45, 7) is 8.20. The van der Waals surface area contributed by atoms with Crippen molar-refractivity contribution < 1.29 is 4.39 Å². The van der Waals surface area contributed by atoms with Crippen molar-refractivity contribution in [3.05, 3.63) is 46.1 Å². The minimum absolute atomic E-state index is 0.161. The first-order valence-electron chi connectivity index (χ1n) is 9.32. The fraction of sp³-hybridized carbons (Fsp3) is 0.421. The lowest BCUT2D eigenvalue weighted by Gasteiger charge is -2.36. The number of anilines is 2. The van der Waals surface area contributed by atoms with Gasteiger partial charge in [-0.3, -0.25) is 14.8 Å². The second-order valence-electron chi connectivity index (χ2n) is 7.20. The molecule has 0 radical (unpaired) electrons. The molecule has 146 valence electrons. The number of nitrogens with zero attached hydrogens (tertiary/aromatic N) is 6. The van der Waals surface area contributed by atoms with Gasteiger partial charge in [0.15, 0.2) is 0 Å². The zero-order chi connectivity index (χ0) is 19.8. The number of fused-ring (bicyclic) bond motifs is 1. The molecule has 0 aliphatic carbocycles. The molecular weight excluding hydrogens is 361 g/mol. The summed E-state index contributed by atoms with van der Waals surface area (Å²) in [7, 11) is 0. The third kappa shape index (κ3) is 3.28. The average Bonchev–Trinajstić information content (AvgIpc) is 2.69. The Bertz CT molecular complexity index is 1070. The lowest BCUT2D eigenvalue weighted by atomic mass is 10.1. The molecule has 1 fully saturated rings. The Kier molecular flexibility index (Phi) is 4.66. The van der Waals surface area contributed by atoms with Crippen LogP contribution in [0, 0.1) is 12.7 Å². The molecule has 8 nitrogen and oxygen atoms in total. The normalized spacial score (nSPS) is 14.9. The van der Waals surface area contributed by atoms with Crippen LogP contribution in [-0.2, 0) is 0 Å². The van der Waals surface area contributed by atoms with Crippen LogP contribution in [0.2, 0.25) is 0 Å². The van der Waals surface area contributed by atoms with Gasteiger partial charge in [-0.05, 0) is 18.9 Å². The van der Waals surface area contributed by atoms with Gasteiger partial charge in [0, 0.05) is 37.8 Å². The number of pyridine rings is 1. The van der Waals surface area contributed by atoms with Gasteiger partial charge in [0.2, 0.25) is 11.8 Å². The van der Waals surface area contributed by atoms with Crippen LogP contribution in [0.15, 0.2) is 23.3 Å². The Morgan fingerprint density at radius 2 is 1.82 bits per heavy atom. The molecule has 0 bridgehead atoms. The lowest BCUT2D eigenvalue weighted by Crippen LogP contribution is -2.48. The van der Waals surface area contributed by atoms with Crippen molar-refractivity contribution in [2.24, 2.45) is 0 Å². The van der Waals surface area contributed by atoms with Crippen LogP contribution in [0.3, 0.4) is 0 Å². The Labute approximate surface area is 161 Å². The number of hydrogen-bond acceptors (Lipinski definition) is 7. The van der Waals surface area contributed by atoms with E-state index < -0.39 is 11.4 Å². The minimum Gasteiger partial charge on any atom is -0.352 e. The predicted octanol–water partition coefficient (Wildman–Crippen LogP) is 2.01. The highest BCUT2D eigenvalue weighted by Crippen LogP contribution is 2.25. The first-order chi connectivity index (χ1) is 13.4. The number of aromatic amines is 1. The molecule has 1 aliphatic heterocycles. The van der Waals surface area contributed by atoms with Gasteiger partial charge in [0.1, 0.15) is 11.6 Å². The van der Waals surface area contributed by atoms with Gasteiger partial charge in [-0.2, -0.15) is 4.39 Å². The Morgan fingerprint density at radius 3 is 2.54 bits per heavy atom. The van der Waals surface area contributed by atoms with E-state index in [0.717, 1.165) is 16.7 Å². The van der Waals surface area contributed by atoms with Crippen molar-refractivity contribution in [1.82, 2.24) is 24.9 Å². The predicted molar refractivity (Wildman–Crippen MR) is 105 cm³/mol. The number of halogens is 1. The Hall–Kier alpha value is -3.10. The van der Waals surface area contributed by atoms with Crippen LogP contribution in [0.1, 0.15) is 31.3 Å². The highest BCUT2D eigenvalue weighted by atomic mass is 19.1. The van der Waals surface area contributed by atoms with Gasteiger partial charge < -0.3 is 9.80 Å². The monoisotopic (exact) mass is 383 g/mol. The molecule has 0 spiro atoms. The van der Waals surface area contributed by atoms with Crippen LogP contribution in [-0.4, -0.2) is 51.1 Å². The molecule has 4 rings (SSSR count). The molecule has 3 aromatic heterocycles. The summed E-state index contributed by atoms with van der Waals surface area (Å²) in [5.41, 5.74) is 0.297. The Morgan fingerprint density at radius 1 is 1.11 bits per heavy atom. The summed E-state index contributed by atoms with van der Waals surface area (Å²) < 4.78 is 14.0. The summed E-state index contributed by atoms with van der Waals surface area (Å²) in [5.74, 6) is 1.04. The fourth-order valence-corrected chi connectivity index (χ4v) is 3.44. The van der Waals surface area contributed by atoms with Gasteiger partial charge in [-0.1, -0.05) is 13.8 Å². The van der Waals surface area contributed by atoms with E-state index in [0.29, 0.717) is 38.0 Å². The maximum absolute atomic E-state index is 14.0. The van der Waals surface area contributed by atoms with E-state index in [2.05, 4.69) is 29.8 Å². The SMILES string of the molecule is Cc1nc(N2CCN(c3nc(C(C)C)c(F)c(=O)[nH]3)CC2)c2ccncc2n1. The maximum atomic E-state index is 14.0. The van der Waals surface area contributed by atoms with E-state index in [1.165, 1.54) is 0 Å². The summed E-state index contributed by atoms with van der Waals surface area (Å²) in [6, 6.07) is 1.92. The third-order valence-electron chi connectivity index (χ3n) is 4.89. The first kappa shape index (κ1) is 18.3. The molecular formula is C19H22FN7O. The third-order valence-corrected chi connectivity index (χ3v) is 4.89. The highest BCUT2D eigenvalue weighted by molar-refractivity contribution is 5.88. The molecule has 4 heterocycles. The second kappa shape index (κ2) is 7.14. The Balaban J connectivity index is 1.59. The van der Waals surface area contributed by atoms with Crippen LogP contribution >= 0.6 is 0 Å². The number of hydrogen-bond donors (Lipinski definition) is 1. The highest BCUT2D eigenvalue weighted by Gasteiger charge is 2.24. The molecule has 1 N–H and O–H groups in total. The molecule has 9 heteroatoms. The number of piperazine rings is 1. The van der Waals surface area contributed by atoms with E-state index >= 15 is 0 Å². The van der Waals surface area contributed by atoms with Crippen molar-refractivity contribution >= 4 is 22.7 Å². The zero-order valence-electron chi connectivity index (χ0n) is 16.1.